The minimum Gasteiger partial charge on any atom is -0.350 e. The third kappa shape index (κ3) is 4.94. The number of hydrogen-bond acceptors (Lipinski definition) is 3. The van der Waals surface area contributed by atoms with Gasteiger partial charge in [-0.3, -0.25) is 9.69 Å². The molecule has 0 aliphatic carbocycles. The van der Waals surface area contributed by atoms with Crippen LogP contribution in [-0.4, -0.2) is 49.1 Å². The molecule has 1 aliphatic heterocycles. The van der Waals surface area contributed by atoms with Gasteiger partial charge in [-0.15, -0.1) is 0 Å². The van der Waals surface area contributed by atoms with Crippen LogP contribution in [0.15, 0.2) is 0 Å². The maximum absolute atomic E-state index is 11.7. The summed E-state index contributed by atoms with van der Waals surface area (Å²) in [6, 6.07) is 0.627. The van der Waals surface area contributed by atoms with Crippen molar-refractivity contribution in [3.8, 4) is 0 Å². The third-order valence-corrected chi connectivity index (χ3v) is 2.88. The van der Waals surface area contributed by atoms with Gasteiger partial charge in [0.2, 0.25) is 5.91 Å². The number of piperidine rings is 1. The van der Waals surface area contributed by atoms with E-state index in [1.165, 1.54) is 0 Å². The van der Waals surface area contributed by atoms with E-state index >= 15 is 0 Å². The first kappa shape index (κ1) is 13.5. The van der Waals surface area contributed by atoms with E-state index in [0.717, 1.165) is 25.9 Å². The van der Waals surface area contributed by atoms with Gasteiger partial charge < -0.3 is 10.6 Å². The summed E-state index contributed by atoms with van der Waals surface area (Å²) >= 11 is 0. The molecule has 4 nitrogen and oxygen atoms in total. The molecule has 2 N–H and O–H groups in total. The standard InChI is InChI=1S/C12H25N3O/c1-12(2,3)14-11(16)9-15-7-5-10(13-4)6-8-15/h10,13H,5-9H2,1-4H3,(H,14,16). The minimum absolute atomic E-state index is 0.125. The van der Waals surface area contributed by atoms with Gasteiger partial charge in [0.15, 0.2) is 0 Å². The molecule has 1 fully saturated rings. The number of likely N-dealkylation sites (tertiary alicyclic amines) is 1. The van der Waals surface area contributed by atoms with Gasteiger partial charge in [0.1, 0.15) is 0 Å². The molecular formula is C12H25N3O. The summed E-state index contributed by atoms with van der Waals surface area (Å²) in [5.41, 5.74) is -0.125. The molecule has 1 amide bonds. The van der Waals surface area contributed by atoms with E-state index in [4.69, 9.17) is 0 Å². The maximum Gasteiger partial charge on any atom is 0.234 e. The van der Waals surface area contributed by atoms with Gasteiger partial charge in [0, 0.05) is 24.7 Å². The third-order valence-electron chi connectivity index (χ3n) is 2.88. The van der Waals surface area contributed by atoms with E-state index in [1.807, 2.05) is 27.8 Å². The summed E-state index contributed by atoms with van der Waals surface area (Å²) in [5.74, 6) is 0.135. The van der Waals surface area contributed by atoms with E-state index in [1.54, 1.807) is 0 Å². The SMILES string of the molecule is CNC1CCN(CC(=O)NC(C)(C)C)CC1. The fourth-order valence-electron chi connectivity index (χ4n) is 2.04. The smallest absolute Gasteiger partial charge is 0.234 e. The highest BCUT2D eigenvalue weighted by Crippen LogP contribution is 2.09. The first-order chi connectivity index (χ1) is 7.40. The monoisotopic (exact) mass is 227 g/mol. The fourth-order valence-corrected chi connectivity index (χ4v) is 2.04. The predicted molar refractivity (Wildman–Crippen MR) is 66.4 cm³/mol. The molecule has 1 aliphatic rings. The minimum atomic E-state index is -0.125. The molecule has 0 radical (unpaired) electrons. The molecule has 16 heavy (non-hydrogen) atoms. The molecular weight excluding hydrogens is 202 g/mol. The fraction of sp³-hybridized carbons (Fsp3) is 0.917. The van der Waals surface area contributed by atoms with Crippen LogP contribution in [0.25, 0.3) is 0 Å². The lowest BCUT2D eigenvalue weighted by Gasteiger charge is -2.32. The molecule has 0 saturated carbocycles. The molecule has 0 unspecified atom stereocenters. The van der Waals surface area contributed by atoms with Gasteiger partial charge in [0.05, 0.1) is 6.54 Å². The van der Waals surface area contributed by atoms with Gasteiger partial charge in [0.25, 0.3) is 0 Å². The Morgan fingerprint density at radius 1 is 1.31 bits per heavy atom. The highest BCUT2D eigenvalue weighted by atomic mass is 16.2. The summed E-state index contributed by atoms with van der Waals surface area (Å²) in [7, 11) is 2.01. The molecule has 1 saturated heterocycles. The average Bonchev–Trinajstić information content (AvgIpc) is 2.16. The summed E-state index contributed by atoms with van der Waals surface area (Å²) < 4.78 is 0. The zero-order valence-corrected chi connectivity index (χ0v) is 11.0. The van der Waals surface area contributed by atoms with Crippen LogP contribution in [0.2, 0.25) is 0 Å². The second-order valence-electron chi connectivity index (χ2n) is 5.64. The van der Waals surface area contributed by atoms with Crippen LogP contribution in [0.1, 0.15) is 33.6 Å². The summed E-state index contributed by atoms with van der Waals surface area (Å²) in [4.78, 5) is 13.9. The van der Waals surface area contributed by atoms with Gasteiger partial charge in [-0.1, -0.05) is 0 Å². The van der Waals surface area contributed by atoms with Crippen LogP contribution in [0.3, 0.4) is 0 Å². The highest BCUT2D eigenvalue weighted by Gasteiger charge is 2.21. The number of rotatable bonds is 3. The van der Waals surface area contributed by atoms with Crippen molar-refractivity contribution >= 4 is 5.91 Å². The number of amides is 1. The lowest BCUT2D eigenvalue weighted by Crippen LogP contribution is -2.49. The molecule has 0 aromatic rings. The van der Waals surface area contributed by atoms with Gasteiger partial charge in [-0.05, 0) is 40.7 Å². The summed E-state index contributed by atoms with van der Waals surface area (Å²) in [5, 5.41) is 6.28. The highest BCUT2D eigenvalue weighted by molar-refractivity contribution is 5.78. The first-order valence-electron chi connectivity index (χ1n) is 6.11. The van der Waals surface area contributed by atoms with E-state index in [0.29, 0.717) is 12.6 Å². The molecule has 0 aromatic heterocycles. The number of nitrogens with one attached hydrogen (secondary N) is 2. The first-order valence-corrected chi connectivity index (χ1v) is 6.11. The Balaban J connectivity index is 2.26. The van der Waals surface area contributed by atoms with Crippen LogP contribution in [0, 0.1) is 0 Å². The van der Waals surface area contributed by atoms with Crippen molar-refractivity contribution in [1.82, 2.24) is 15.5 Å². The Bertz CT molecular complexity index is 227. The van der Waals surface area contributed by atoms with E-state index in [9.17, 15) is 4.79 Å². The zero-order valence-electron chi connectivity index (χ0n) is 11.0. The van der Waals surface area contributed by atoms with Crippen molar-refractivity contribution in [2.45, 2.75) is 45.2 Å². The van der Waals surface area contributed by atoms with Crippen LogP contribution in [-0.2, 0) is 4.79 Å². The van der Waals surface area contributed by atoms with Gasteiger partial charge in [-0.2, -0.15) is 0 Å². The molecule has 0 atom stereocenters. The Morgan fingerprint density at radius 3 is 2.31 bits per heavy atom. The van der Waals surface area contributed by atoms with Crippen molar-refractivity contribution in [2.24, 2.45) is 0 Å². The van der Waals surface area contributed by atoms with Gasteiger partial charge >= 0.3 is 0 Å². The predicted octanol–water partition coefficient (Wildman–Crippen LogP) is 0.585. The topological polar surface area (TPSA) is 44.4 Å². The zero-order chi connectivity index (χ0) is 12.2. The largest absolute Gasteiger partial charge is 0.350 e. The Morgan fingerprint density at radius 2 is 1.88 bits per heavy atom. The molecule has 94 valence electrons. The average molecular weight is 227 g/mol. The van der Waals surface area contributed by atoms with Crippen LogP contribution in [0.4, 0.5) is 0 Å². The Hall–Kier alpha value is -0.610. The Kier molecular flexibility index (Phi) is 4.74. The van der Waals surface area contributed by atoms with E-state index < -0.39 is 0 Å². The number of carbonyl (C=O) groups is 1. The summed E-state index contributed by atoms with van der Waals surface area (Å²) in [6.07, 6.45) is 2.28. The Labute approximate surface area is 98.8 Å². The van der Waals surface area contributed by atoms with Crippen LogP contribution >= 0.6 is 0 Å². The van der Waals surface area contributed by atoms with Crippen LogP contribution < -0.4 is 10.6 Å². The number of nitrogens with zero attached hydrogens (tertiary/aromatic N) is 1. The van der Waals surface area contributed by atoms with Crippen molar-refractivity contribution in [1.29, 1.82) is 0 Å². The van der Waals surface area contributed by atoms with Crippen LogP contribution in [0.5, 0.6) is 0 Å². The molecule has 0 aromatic carbocycles. The van der Waals surface area contributed by atoms with Crippen molar-refractivity contribution < 1.29 is 4.79 Å². The van der Waals surface area contributed by atoms with E-state index in [2.05, 4.69) is 15.5 Å². The van der Waals surface area contributed by atoms with Crippen molar-refractivity contribution in [2.75, 3.05) is 26.7 Å². The number of hydrogen-bond donors (Lipinski definition) is 2. The molecule has 4 heteroatoms. The second kappa shape index (κ2) is 5.64. The number of carbonyl (C=O) groups excluding carboxylic acids is 1. The molecule has 1 rings (SSSR count). The second-order valence-corrected chi connectivity index (χ2v) is 5.64. The molecule has 1 heterocycles. The van der Waals surface area contributed by atoms with Gasteiger partial charge in [-0.25, -0.2) is 0 Å². The molecule has 0 bridgehead atoms. The normalized spacial score (nSPS) is 19.8. The van der Waals surface area contributed by atoms with E-state index in [-0.39, 0.29) is 11.4 Å². The maximum atomic E-state index is 11.7. The van der Waals surface area contributed by atoms with Crippen molar-refractivity contribution in [3.05, 3.63) is 0 Å². The molecule has 0 spiro atoms. The lowest BCUT2D eigenvalue weighted by molar-refractivity contribution is -0.123. The lowest BCUT2D eigenvalue weighted by atomic mass is 10.1. The van der Waals surface area contributed by atoms with Crippen molar-refractivity contribution in [3.63, 3.8) is 0 Å². The quantitative estimate of drug-likeness (QED) is 0.741. The summed E-state index contributed by atoms with van der Waals surface area (Å²) in [6.45, 7) is 8.61.